The molecule has 0 aromatic carbocycles. The Hall–Kier alpha value is -2.88. The summed E-state index contributed by atoms with van der Waals surface area (Å²) in [6.07, 6.45) is 3.50. The monoisotopic (exact) mass is 352 g/mol. The highest BCUT2D eigenvalue weighted by Gasteiger charge is 2.29. The molecule has 2 aliphatic rings. The molecule has 1 aliphatic carbocycles. The molecular formula is C19H20N4O3. The van der Waals surface area contributed by atoms with E-state index in [0.29, 0.717) is 30.3 Å². The van der Waals surface area contributed by atoms with Crippen molar-refractivity contribution < 1.29 is 4.79 Å². The van der Waals surface area contributed by atoms with Crippen LogP contribution in [0.3, 0.4) is 0 Å². The van der Waals surface area contributed by atoms with E-state index in [1.807, 2.05) is 26.0 Å². The minimum atomic E-state index is -0.657. The number of nitrogens with zero attached hydrogens (tertiary/aromatic N) is 4. The Bertz CT molecular complexity index is 1090. The van der Waals surface area contributed by atoms with Gasteiger partial charge < -0.3 is 4.57 Å². The van der Waals surface area contributed by atoms with Gasteiger partial charge in [-0.2, -0.15) is 5.26 Å². The Kier molecular flexibility index (Phi) is 3.72. The molecule has 1 fully saturated rings. The van der Waals surface area contributed by atoms with Crippen molar-refractivity contribution in [1.82, 2.24) is 13.7 Å². The van der Waals surface area contributed by atoms with Gasteiger partial charge in [-0.25, -0.2) is 4.79 Å². The molecule has 0 N–H and O–H groups in total. The quantitative estimate of drug-likeness (QED) is 0.779. The summed E-state index contributed by atoms with van der Waals surface area (Å²) in [6.45, 7) is 4.01. The van der Waals surface area contributed by atoms with E-state index in [9.17, 15) is 19.6 Å². The zero-order chi connectivity index (χ0) is 18.6. The lowest BCUT2D eigenvalue weighted by atomic mass is 10.1. The molecule has 1 saturated carbocycles. The van der Waals surface area contributed by atoms with Gasteiger partial charge in [-0.05, 0) is 45.6 Å². The Morgan fingerprint density at radius 2 is 2.04 bits per heavy atom. The molecule has 2 aromatic heterocycles. The summed E-state index contributed by atoms with van der Waals surface area (Å²) in [5.41, 5.74) is 1.77. The minimum absolute atomic E-state index is 0.0154. The summed E-state index contributed by atoms with van der Waals surface area (Å²) in [4.78, 5) is 38.1. The Labute approximate surface area is 150 Å². The van der Waals surface area contributed by atoms with Gasteiger partial charge in [0.15, 0.2) is 5.78 Å². The number of carbonyl (C=O) groups is 1. The highest BCUT2D eigenvalue weighted by Crippen LogP contribution is 2.38. The van der Waals surface area contributed by atoms with Crippen molar-refractivity contribution in [1.29, 1.82) is 5.26 Å². The SMILES string of the molecule is Cc1cc(C(=O)Cn2c(=O)c(C#N)c3n(c2=O)CCC3)c(C)n1C1CC1. The molecule has 26 heavy (non-hydrogen) atoms. The van der Waals surface area contributed by atoms with Crippen molar-refractivity contribution >= 4 is 5.78 Å². The van der Waals surface area contributed by atoms with Crippen LogP contribution in [0.2, 0.25) is 0 Å². The normalized spacial score (nSPS) is 15.7. The van der Waals surface area contributed by atoms with Crippen LogP contribution in [0.25, 0.3) is 0 Å². The summed E-state index contributed by atoms with van der Waals surface area (Å²) in [7, 11) is 0. The van der Waals surface area contributed by atoms with E-state index in [-0.39, 0.29) is 17.9 Å². The van der Waals surface area contributed by atoms with E-state index < -0.39 is 11.2 Å². The Morgan fingerprint density at radius 3 is 2.69 bits per heavy atom. The van der Waals surface area contributed by atoms with Crippen LogP contribution in [0.15, 0.2) is 15.7 Å². The Balaban J connectivity index is 1.76. The number of rotatable bonds is 4. The van der Waals surface area contributed by atoms with Crippen molar-refractivity contribution in [2.75, 3.05) is 0 Å². The number of ketones is 1. The molecule has 134 valence electrons. The van der Waals surface area contributed by atoms with Gasteiger partial charge >= 0.3 is 5.69 Å². The fraction of sp³-hybridized carbons (Fsp3) is 0.474. The second-order valence-corrected chi connectivity index (χ2v) is 7.17. The topological polar surface area (TPSA) is 89.8 Å². The fourth-order valence-corrected chi connectivity index (χ4v) is 4.07. The van der Waals surface area contributed by atoms with Crippen LogP contribution in [0, 0.1) is 25.2 Å². The molecule has 0 unspecified atom stereocenters. The largest absolute Gasteiger partial charge is 0.345 e. The zero-order valence-electron chi connectivity index (χ0n) is 14.9. The number of aryl methyl sites for hydroxylation is 1. The number of Topliss-reactive ketones (excluding diaryl/α,β-unsaturated/α-hetero) is 1. The molecule has 0 amide bonds. The van der Waals surface area contributed by atoms with E-state index in [1.54, 1.807) is 0 Å². The molecule has 2 aromatic rings. The van der Waals surface area contributed by atoms with Crippen LogP contribution < -0.4 is 11.2 Å². The summed E-state index contributed by atoms with van der Waals surface area (Å²) in [5, 5.41) is 9.33. The maximum absolute atomic E-state index is 12.8. The van der Waals surface area contributed by atoms with Crippen molar-refractivity contribution in [3.63, 3.8) is 0 Å². The molecule has 0 radical (unpaired) electrons. The molecule has 1 aliphatic heterocycles. The van der Waals surface area contributed by atoms with E-state index in [0.717, 1.165) is 35.2 Å². The maximum Gasteiger partial charge on any atom is 0.331 e. The van der Waals surface area contributed by atoms with Gasteiger partial charge in [0.25, 0.3) is 5.56 Å². The predicted octanol–water partition coefficient (Wildman–Crippen LogP) is 1.46. The smallest absolute Gasteiger partial charge is 0.331 e. The second-order valence-electron chi connectivity index (χ2n) is 7.17. The average Bonchev–Trinajstić information content (AvgIpc) is 3.23. The maximum atomic E-state index is 12.8. The molecule has 0 bridgehead atoms. The molecule has 0 spiro atoms. The number of nitriles is 1. The number of hydrogen-bond donors (Lipinski definition) is 0. The number of fused-ring (bicyclic) bond motifs is 1. The molecule has 0 saturated heterocycles. The second kappa shape index (κ2) is 5.84. The van der Waals surface area contributed by atoms with Crippen LogP contribution in [0.5, 0.6) is 0 Å². The molecule has 7 heteroatoms. The third-order valence-corrected chi connectivity index (χ3v) is 5.44. The molecule has 0 atom stereocenters. The first-order valence-electron chi connectivity index (χ1n) is 8.92. The van der Waals surface area contributed by atoms with E-state index >= 15 is 0 Å². The third-order valence-electron chi connectivity index (χ3n) is 5.44. The lowest BCUT2D eigenvalue weighted by Crippen LogP contribution is -2.43. The minimum Gasteiger partial charge on any atom is -0.345 e. The molecule has 7 nitrogen and oxygen atoms in total. The van der Waals surface area contributed by atoms with Gasteiger partial charge in [0.1, 0.15) is 11.6 Å². The number of aromatic nitrogens is 3. The van der Waals surface area contributed by atoms with Gasteiger partial charge in [0.2, 0.25) is 0 Å². The number of carbonyl (C=O) groups excluding carboxylic acids is 1. The van der Waals surface area contributed by atoms with Gasteiger partial charge in [0.05, 0.1) is 6.54 Å². The van der Waals surface area contributed by atoms with Crippen LogP contribution in [-0.2, 0) is 19.5 Å². The van der Waals surface area contributed by atoms with Gasteiger partial charge in [-0.15, -0.1) is 0 Å². The van der Waals surface area contributed by atoms with Gasteiger partial charge in [-0.3, -0.25) is 18.7 Å². The van der Waals surface area contributed by atoms with E-state index in [1.165, 1.54) is 4.57 Å². The van der Waals surface area contributed by atoms with E-state index in [2.05, 4.69) is 4.57 Å². The van der Waals surface area contributed by atoms with Gasteiger partial charge in [-0.1, -0.05) is 0 Å². The molecule has 3 heterocycles. The Morgan fingerprint density at radius 1 is 1.31 bits per heavy atom. The van der Waals surface area contributed by atoms with Gasteiger partial charge in [0, 0.05) is 35.2 Å². The standard InChI is InChI=1S/C19H20N4O3/c1-11-8-14(12(2)23(11)13-5-6-13)17(24)10-22-18(25)15(9-20)16-4-3-7-21(16)19(22)26/h8,13H,3-7,10H2,1-2H3. The first-order valence-corrected chi connectivity index (χ1v) is 8.92. The summed E-state index contributed by atoms with van der Waals surface area (Å²) < 4.78 is 4.53. The summed E-state index contributed by atoms with van der Waals surface area (Å²) >= 11 is 0. The number of hydrogen-bond acceptors (Lipinski definition) is 4. The predicted molar refractivity (Wildman–Crippen MR) is 94.5 cm³/mol. The van der Waals surface area contributed by atoms with Crippen LogP contribution >= 0.6 is 0 Å². The van der Waals surface area contributed by atoms with Crippen molar-refractivity contribution in [2.24, 2.45) is 0 Å². The van der Waals surface area contributed by atoms with Crippen molar-refractivity contribution in [3.8, 4) is 6.07 Å². The zero-order valence-corrected chi connectivity index (χ0v) is 14.9. The van der Waals surface area contributed by atoms with E-state index in [4.69, 9.17) is 0 Å². The first-order chi connectivity index (χ1) is 12.4. The molecule has 4 rings (SSSR count). The van der Waals surface area contributed by atoms with Crippen LogP contribution in [0.1, 0.15) is 58.3 Å². The van der Waals surface area contributed by atoms with Crippen LogP contribution in [-0.4, -0.2) is 19.5 Å². The summed E-state index contributed by atoms with van der Waals surface area (Å²) in [6, 6.07) is 4.20. The average molecular weight is 352 g/mol. The van der Waals surface area contributed by atoms with Crippen molar-refractivity contribution in [2.45, 2.75) is 58.7 Å². The molecular weight excluding hydrogens is 332 g/mol. The first kappa shape index (κ1) is 16.6. The van der Waals surface area contributed by atoms with Crippen LogP contribution in [0.4, 0.5) is 0 Å². The summed E-state index contributed by atoms with van der Waals surface area (Å²) in [5.74, 6) is -0.272. The third kappa shape index (κ3) is 2.37. The highest BCUT2D eigenvalue weighted by molar-refractivity contribution is 5.97. The lowest BCUT2D eigenvalue weighted by Gasteiger charge is -2.11. The lowest BCUT2D eigenvalue weighted by molar-refractivity contribution is 0.0967. The fourth-order valence-electron chi connectivity index (χ4n) is 4.07. The van der Waals surface area contributed by atoms with Crippen molar-refractivity contribution in [3.05, 3.63) is 55.1 Å². The highest BCUT2D eigenvalue weighted by atomic mass is 16.2.